The van der Waals surface area contributed by atoms with E-state index in [2.05, 4.69) is 0 Å². The minimum Gasteiger partial charge on any atom is -0.481 e. The van der Waals surface area contributed by atoms with Crippen LogP contribution in [-0.4, -0.2) is 35.6 Å². The van der Waals surface area contributed by atoms with E-state index in [1.165, 1.54) is 12.1 Å². The Labute approximate surface area is 111 Å². The van der Waals surface area contributed by atoms with Gasteiger partial charge in [-0.3, -0.25) is 4.79 Å². The van der Waals surface area contributed by atoms with E-state index >= 15 is 0 Å². The number of hydrogen-bond acceptors (Lipinski definition) is 3. The highest BCUT2D eigenvalue weighted by atomic mass is 19.1. The summed E-state index contributed by atoms with van der Waals surface area (Å²) in [5.41, 5.74) is 0.482. The Morgan fingerprint density at radius 3 is 2.74 bits per heavy atom. The van der Waals surface area contributed by atoms with Crippen molar-refractivity contribution in [3.63, 3.8) is 0 Å². The number of rotatable bonds is 4. The lowest BCUT2D eigenvalue weighted by atomic mass is 10.1. The van der Waals surface area contributed by atoms with E-state index in [1.54, 1.807) is 17.9 Å². The molecule has 0 aliphatic carbocycles. The van der Waals surface area contributed by atoms with Gasteiger partial charge in [0.25, 0.3) is 5.91 Å². The van der Waals surface area contributed by atoms with Crippen LogP contribution in [0.2, 0.25) is 0 Å². The summed E-state index contributed by atoms with van der Waals surface area (Å²) in [5, 5.41) is 9.33. The first-order valence-electron chi connectivity index (χ1n) is 6.46. The number of hydrogen-bond donors (Lipinski definition) is 1. The molecule has 5 heteroatoms. The number of halogens is 1. The number of aliphatic hydroxyl groups is 1. The van der Waals surface area contributed by atoms with E-state index in [9.17, 15) is 14.3 Å². The van der Waals surface area contributed by atoms with Crippen LogP contribution in [0.25, 0.3) is 0 Å². The Hall–Kier alpha value is -1.62. The van der Waals surface area contributed by atoms with Crippen LogP contribution in [0.5, 0.6) is 5.75 Å². The number of amides is 1. The molecule has 1 N–H and O–H groups in total. The van der Waals surface area contributed by atoms with Crippen molar-refractivity contribution in [2.45, 2.75) is 25.9 Å². The van der Waals surface area contributed by atoms with Gasteiger partial charge in [0.2, 0.25) is 0 Å². The minimum atomic E-state index is -0.727. The molecule has 0 saturated carbocycles. The fourth-order valence-electron chi connectivity index (χ4n) is 2.09. The van der Waals surface area contributed by atoms with Crippen LogP contribution >= 0.6 is 0 Å². The van der Waals surface area contributed by atoms with Crippen LogP contribution in [0.3, 0.4) is 0 Å². The van der Waals surface area contributed by atoms with Crippen LogP contribution in [0.1, 0.15) is 31.4 Å². The van der Waals surface area contributed by atoms with E-state index < -0.39 is 11.9 Å². The quantitative estimate of drug-likeness (QED) is 0.906. The summed E-state index contributed by atoms with van der Waals surface area (Å²) in [6, 6.07) is 4.25. The number of carbonyl (C=O) groups is 1. The third kappa shape index (κ3) is 3.44. The number of benzene rings is 1. The van der Waals surface area contributed by atoms with Crippen LogP contribution in [0.15, 0.2) is 18.2 Å². The van der Waals surface area contributed by atoms with Gasteiger partial charge in [-0.15, -0.1) is 0 Å². The molecule has 19 heavy (non-hydrogen) atoms. The monoisotopic (exact) mass is 267 g/mol. The lowest BCUT2D eigenvalue weighted by Crippen LogP contribution is -2.32. The number of likely N-dealkylation sites (tertiary alicyclic amines) is 1. The number of ether oxygens (including phenoxy) is 1. The normalized spacial score (nSPS) is 16.5. The van der Waals surface area contributed by atoms with Crippen molar-refractivity contribution in [2.24, 2.45) is 0 Å². The highest BCUT2D eigenvalue weighted by molar-refractivity contribution is 5.78. The second-order valence-corrected chi connectivity index (χ2v) is 4.74. The van der Waals surface area contributed by atoms with Crippen molar-refractivity contribution >= 4 is 5.91 Å². The highest BCUT2D eigenvalue weighted by Crippen LogP contribution is 2.22. The zero-order valence-electron chi connectivity index (χ0n) is 10.9. The van der Waals surface area contributed by atoms with Gasteiger partial charge >= 0.3 is 0 Å². The van der Waals surface area contributed by atoms with Crippen LogP contribution in [0.4, 0.5) is 4.39 Å². The van der Waals surface area contributed by atoms with Gasteiger partial charge in [0.1, 0.15) is 0 Å². The van der Waals surface area contributed by atoms with Crippen molar-refractivity contribution in [1.29, 1.82) is 0 Å². The molecule has 1 amide bonds. The Kier molecular flexibility index (Phi) is 4.37. The van der Waals surface area contributed by atoms with Gasteiger partial charge < -0.3 is 14.7 Å². The molecule has 0 spiro atoms. The van der Waals surface area contributed by atoms with Gasteiger partial charge in [-0.05, 0) is 37.5 Å². The van der Waals surface area contributed by atoms with E-state index in [0.29, 0.717) is 5.56 Å². The standard InChI is InChI=1S/C14H18FNO3/c1-10(17)11-4-5-13(12(15)8-11)19-9-14(18)16-6-2-3-7-16/h4-5,8,10,17H,2-3,6-7,9H2,1H3. The predicted octanol–water partition coefficient (Wildman–Crippen LogP) is 1.88. The Morgan fingerprint density at radius 1 is 1.47 bits per heavy atom. The minimum absolute atomic E-state index is 0.0388. The first-order chi connectivity index (χ1) is 9.08. The van der Waals surface area contributed by atoms with Gasteiger partial charge in [-0.25, -0.2) is 4.39 Å². The molecule has 1 unspecified atom stereocenters. The average molecular weight is 267 g/mol. The SMILES string of the molecule is CC(O)c1ccc(OCC(=O)N2CCCC2)c(F)c1. The van der Waals surface area contributed by atoms with Crippen molar-refractivity contribution in [3.05, 3.63) is 29.6 Å². The summed E-state index contributed by atoms with van der Waals surface area (Å²) in [6.07, 6.45) is 1.31. The zero-order chi connectivity index (χ0) is 13.8. The van der Waals surface area contributed by atoms with Gasteiger partial charge in [0, 0.05) is 13.1 Å². The average Bonchev–Trinajstić information content (AvgIpc) is 2.90. The molecular weight excluding hydrogens is 249 g/mol. The molecule has 1 aliphatic rings. The molecule has 104 valence electrons. The number of aliphatic hydroxyl groups excluding tert-OH is 1. The molecule has 4 nitrogen and oxygen atoms in total. The zero-order valence-corrected chi connectivity index (χ0v) is 10.9. The fraction of sp³-hybridized carbons (Fsp3) is 0.500. The van der Waals surface area contributed by atoms with Crippen LogP contribution < -0.4 is 4.74 Å². The van der Waals surface area contributed by atoms with Gasteiger partial charge in [0.05, 0.1) is 6.10 Å². The third-order valence-corrected chi connectivity index (χ3v) is 3.25. The summed E-state index contributed by atoms with van der Waals surface area (Å²) >= 11 is 0. The molecule has 1 aromatic carbocycles. The molecule has 0 radical (unpaired) electrons. The molecule has 1 aliphatic heterocycles. The molecule has 1 atom stereocenters. The van der Waals surface area contributed by atoms with E-state index in [0.717, 1.165) is 25.9 Å². The molecular formula is C14H18FNO3. The molecule has 1 aromatic rings. The number of nitrogens with zero attached hydrogens (tertiary/aromatic N) is 1. The predicted molar refractivity (Wildman–Crippen MR) is 68.3 cm³/mol. The molecule has 1 fully saturated rings. The van der Waals surface area contributed by atoms with Crippen LogP contribution in [-0.2, 0) is 4.79 Å². The van der Waals surface area contributed by atoms with E-state index in [-0.39, 0.29) is 18.3 Å². The smallest absolute Gasteiger partial charge is 0.260 e. The summed E-state index contributed by atoms with van der Waals surface area (Å²) in [5.74, 6) is -0.638. The highest BCUT2D eigenvalue weighted by Gasteiger charge is 2.18. The summed E-state index contributed by atoms with van der Waals surface area (Å²) in [4.78, 5) is 13.5. The maximum atomic E-state index is 13.7. The molecule has 2 rings (SSSR count). The maximum absolute atomic E-state index is 13.7. The van der Waals surface area contributed by atoms with Crippen molar-refractivity contribution < 1.29 is 19.0 Å². The summed E-state index contributed by atoms with van der Waals surface area (Å²) < 4.78 is 18.9. The van der Waals surface area contributed by atoms with Crippen LogP contribution in [0, 0.1) is 5.82 Å². The van der Waals surface area contributed by atoms with Gasteiger partial charge in [-0.2, -0.15) is 0 Å². The second-order valence-electron chi connectivity index (χ2n) is 4.74. The summed E-state index contributed by atoms with van der Waals surface area (Å²) in [6.45, 7) is 2.93. The largest absolute Gasteiger partial charge is 0.481 e. The lowest BCUT2D eigenvalue weighted by molar-refractivity contribution is -0.132. The molecule has 0 bridgehead atoms. The second kappa shape index (κ2) is 6.02. The topological polar surface area (TPSA) is 49.8 Å². The molecule has 0 aromatic heterocycles. The Balaban J connectivity index is 1.94. The summed E-state index contributed by atoms with van der Waals surface area (Å²) in [7, 11) is 0. The first-order valence-corrected chi connectivity index (χ1v) is 6.46. The van der Waals surface area contributed by atoms with Gasteiger partial charge in [-0.1, -0.05) is 6.07 Å². The third-order valence-electron chi connectivity index (χ3n) is 3.25. The van der Waals surface area contributed by atoms with Crippen molar-refractivity contribution in [2.75, 3.05) is 19.7 Å². The lowest BCUT2D eigenvalue weighted by Gasteiger charge is -2.16. The Bertz CT molecular complexity index is 456. The fourth-order valence-corrected chi connectivity index (χ4v) is 2.09. The van der Waals surface area contributed by atoms with Gasteiger partial charge in [0.15, 0.2) is 18.2 Å². The Morgan fingerprint density at radius 2 is 2.16 bits per heavy atom. The first kappa shape index (κ1) is 13.8. The molecule has 1 heterocycles. The maximum Gasteiger partial charge on any atom is 0.260 e. The van der Waals surface area contributed by atoms with E-state index in [1.807, 2.05) is 0 Å². The number of carbonyl (C=O) groups excluding carboxylic acids is 1. The molecule has 1 saturated heterocycles. The van der Waals surface area contributed by atoms with Crippen molar-refractivity contribution in [1.82, 2.24) is 4.90 Å². The van der Waals surface area contributed by atoms with Crippen molar-refractivity contribution in [3.8, 4) is 5.75 Å². The van der Waals surface area contributed by atoms with E-state index in [4.69, 9.17) is 4.74 Å².